The first-order valence-electron chi connectivity index (χ1n) is 24.0. The van der Waals surface area contributed by atoms with Crippen molar-refractivity contribution in [1.82, 2.24) is 0 Å². The molecule has 13 N–H and O–H groups in total. The van der Waals surface area contributed by atoms with Crippen LogP contribution >= 0.6 is 0 Å². The molecular formula is C47H80O19. The van der Waals surface area contributed by atoms with Crippen LogP contribution < -0.4 is 0 Å². The van der Waals surface area contributed by atoms with E-state index in [-0.39, 0.29) is 37.7 Å². The van der Waals surface area contributed by atoms with Gasteiger partial charge < -0.3 is 94.8 Å². The fourth-order valence-corrected chi connectivity index (χ4v) is 14.6. The molecule has 7 fully saturated rings. The predicted molar refractivity (Wildman–Crippen MR) is 230 cm³/mol. The molecule has 0 bridgehead atoms. The van der Waals surface area contributed by atoms with Crippen molar-refractivity contribution >= 4 is 0 Å². The number of allylic oxidation sites excluding steroid dienone is 2. The standard InChI is InChI=1S/C47H80O19/c1-21(2)10-9-12-46(8,66-41-36(33(57)31(55)26(19-49)64-41)65-40-35(59)32(56)30(54)25(18-48)63-40)47(60)15-14-44(6)37(47)22(50)16-27-43(5)13-11-28(52)42(3,4)38(43)24(17-45(27,44)7)62-39-34(58)29(53)23(51)20-61-39/h10,22-41,48-60H,9,11-20H2,1-8H3. The fourth-order valence-electron chi connectivity index (χ4n) is 14.6. The van der Waals surface area contributed by atoms with Crippen LogP contribution in [0.25, 0.3) is 0 Å². The molecule has 0 aromatic rings. The Kier molecular flexibility index (Phi) is 15.1. The van der Waals surface area contributed by atoms with Crippen molar-refractivity contribution < 1.29 is 94.8 Å². The van der Waals surface area contributed by atoms with Crippen LogP contribution in [0.4, 0.5) is 0 Å². The zero-order valence-electron chi connectivity index (χ0n) is 39.7. The molecule has 382 valence electrons. The predicted octanol–water partition coefficient (Wildman–Crippen LogP) is -1.30. The van der Waals surface area contributed by atoms with Gasteiger partial charge in [-0.1, -0.05) is 46.3 Å². The lowest BCUT2D eigenvalue weighted by atomic mass is 9.34. The first kappa shape index (κ1) is 52.8. The Morgan fingerprint density at radius 1 is 0.682 bits per heavy atom. The van der Waals surface area contributed by atoms with Crippen molar-refractivity contribution in [2.24, 2.45) is 39.4 Å². The van der Waals surface area contributed by atoms with E-state index in [1.165, 1.54) is 0 Å². The van der Waals surface area contributed by atoms with Crippen molar-refractivity contribution in [3.63, 3.8) is 0 Å². The highest BCUT2D eigenvalue weighted by Crippen LogP contribution is 2.77. The monoisotopic (exact) mass is 949 g/mol. The molecule has 19 nitrogen and oxygen atoms in total. The molecule has 0 aromatic carbocycles. The maximum Gasteiger partial charge on any atom is 0.187 e. The van der Waals surface area contributed by atoms with E-state index in [0.29, 0.717) is 32.1 Å². The second-order valence-corrected chi connectivity index (χ2v) is 22.8. The quantitative estimate of drug-likeness (QED) is 0.0799. The summed E-state index contributed by atoms with van der Waals surface area (Å²) in [5, 5.41) is 145. The van der Waals surface area contributed by atoms with Gasteiger partial charge in [0.25, 0.3) is 0 Å². The third kappa shape index (κ3) is 8.37. The minimum absolute atomic E-state index is 0.114. The lowest BCUT2D eigenvalue weighted by Gasteiger charge is -2.72. The van der Waals surface area contributed by atoms with Crippen LogP contribution in [-0.4, -0.2) is 202 Å². The van der Waals surface area contributed by atoms with E-state index in [1.807, 2.05) is 33.8 Å². The van der Waals surface area contributed by atoms with E-state index >= 15 is 0 Å². The number of fused-ring (bicyclic) bond motifs is 5. The molecule has 4 saturated carbocycles. The Balaban J connectivity index is 1.28. The smallest absolute Gasteiger partial charge is 0.187 e. The van der Waals surface area contributed by atoms with Gasteiger partial charge in [-0.3, -0.25) is 0 Å². The van der Waals surface area contributed by atoms with E-state index in [2.05, 4.69) is 20.8 Å². The van der Waals surface area contributed by atoms with Crippen LogP contribution in [-0.2, 0) is 28.4 Å². The van der Waals surface area contributed by atoms with Crippen LogP contribution in [0.3, 0.4) is 0 Å². The van der Waals surface area contributed by atoms with Crippen LogP contribution in [0, 0.1) is 39.4 Å². The molecule has 66 heavy (non-hydrogen) atoms. The molecular weight excluding hydrogens is 868 g/mol. The molecule has 19 heteroatoms. The summed E-state index contributed by atoms with van der Waals surface area (Å²) in [4.78, 5) is 0. The van der Waals surface area contributed by atoms with Gasteiger partial charge in [-0.25, -0.2) is 0 Å². The van der Waals surface area contributed by atoms with E-state index in [9.17, 15) is 66.4 Å². The first-order valence-corrected chi connectivity index (χ1v) is 24.0. The van der Waals surface area contributed by atoms with E-state index in [4.69, 9.17) is 28.4 Å². The van der Waals surface area contributed by atoms with Gasteiger partial charge in [0.05, 0.1) is 49.3 Å². The van der Waals surface area contributed by atoms with Gasteiger partial charge in [0, 0.05) is 5.92 Å². The minimum atomic E-state index is -1.90. The summed E-state index contributed by atoms with van der Waals surface area (Å²) in [6.07, 6.45) is -20.5. The summed E-state index contributed by atoms with van der Waals surface area (Å²) >= 11 is 0. The van der Waals surface area contributed by atoms with Crippen LogP contribution in [0.2, 0.25) is 0 Å². The molecule has 3 heterocycles. The number of hydrogen-bond donors (Lipinski definition) is 13. The Morgan fingerprint density at radius 3 is 1.91 bits per heavy atom. The highest BCUT2D eigenvalue weighted by molar-refractivity contribution is 5.26. The third-order valence-electron chi connectivity index (χ3n) is 18.5. The Bertz CT molecular complexity index is 1720. The van der Waals surface area contributed by atoms with Crippen LogP contribution in [0.15, 0.2) is 11.6 Å². The summed E-state index contributed by atoms with van der Waals surface area (Å²) < 4.78 is 37.4. The van der Waals surface area contributed by atoms with E-state index in [1.54, 1.807) is 6.92 Å². The summed E-state index contributed by atoms with van der Waals surface area (Å²) in [5.74, 6) is -1.36. The Labute approximate surface area is 387 Å². The van der Waals surface area contributed by atoms with Gasteiger partial charge in [0.2, 0.25) is 0 Å². The second-order valence-electron chi connectivity index (χ2n) is 22.8. The van der Waals surface area contributed by atoms with E-state index < -0.39 is 156 Å². The summed E-state index contributed by atoms with van der Waals surface area (Å²) in [6.45, 7) is 14.2. The highest BCUT2D eigenvalue weighted by Gasteiger charge is 2.77. The fraction of sp³-hybridized carbons (Fsp3) is 0.957. The molecule has 4 aliphatic carbocycles. The molecule has 3 aliphatic heterocycles. The summed E-state index contributed by atoms with van der Waals surface area (Å²) in [5.41, 5.74) is -5.34. The lowest BCUT2D eigenvalue weighted by molar-refractivity contribution is -0.390. The number of aliphatic hydroxyl groups is 13. The van der Waals surface area contributed by atoms with Gasteiger partial charge in [-0.2, -0.15) is 0 Å². The zero-order chi connectivity index (χ0) is 48.9. The van der Waals surface area contributed by atoms with Gasteiger partial charge >= 0.3 is 0 Å². The van der Waals surface area contributed by atoms with Crippen LogP contribution in [0.1, 0.15) is 107 Å². The van der Waals surface area contributed by atoms with Gasteiger partial charge in [0.1, 0.15) is 67.1 Å². The van der Waals surface area contributed by atoms with Crippen molar-refractivity contribution in [3.8, 4) is 0 Å². The minimum Gasteiger partial charge on any atom is -0.394 e. The second kappa shape index (κ2) is 18.9. The molecule has 7 aliphatic rings. The van der Waals surface area contributed by atoms with Crippen molar-refractivity contribution in [2.45, 2.75) is 222 Å². The lowest BCUT2D eigenvalue weighted by Crippen LogP contribution is -2.73. The Hall–Kier alpha value is -1.02. The van der Waals surface area contributed by atoms with E-state index in [0.717, 1.165) is 5.57 Å². The molecule has 0 spiro atoms. The molecule has 7 rings (SSSR count). The van der Waals surface area contributed by atoms with Crippen molar-refractivity contribution in [3.05, 3.63) is 11.6 Å². The SMILES string of the molecule is CC(C)=CCCC(C)(OC1OC(CO)C(O)C(O)C1OC1OC(CO)C(O)C(O)C1O)C1(O)CCC2(C)C1C(O)CC1C3(C)CCC(O)C(C)(C)C3C(OC3OCC(O)C(O)C3O)CC12C. The van der Waals surface area contributed by atoms with Gasteiger partial charge in [-0.15, -0.1) is 0 Å². The first-order chi connectivity index (χ1) is 30.7. The maximum absolute atomic E-state index is 13.7. The molecule has 0 aromatic heterocycles. The maximum atomic E-state index is 13.7. The van der Waals surface area contributed by atoms with Crippen molar-refractivity contribution in [1.29, 1.82) is 0 Å². The van der Waals surface area contributed by atoms with Gasteiger partial charge in [0.15, 0.2) is 18.9 Å². The number of aliphatic hydroxyl groups excluding tert-OH is 12. The molecule has 3 saturated heterocycles. The average molecular weight is 949 g/mol. The number of hydrogen-bond acceptors (Lipinski definition) is 19. The van der Waals surface area contributed by atoms with Crippen LogP contribution in [0.5, 0.6) is 0 Å². The Morgan fingerprint density at radius 2 is 1.29 bits per heavy atom. The zero-order valence-corrected chi connectivity index (χ0v) is 39.7. The summed E-state index contributed by atoms with van der Waals surface area (Å²) in [6, 6.07) is 0. The topological polar surface area (TPSA) is 318 Å². The molecule has 25 atom stereocenters. The van der Waals surface area contributed by atoms with Gasteiger partial charge in [-0.05, 0) is 106 Å². The number of ether oxygens (including phenoxy) is 6. The normalized spacial score (nSPS) is 53.5. The number of rotatable bonds is 12. The molecule has 0 amide bonds. The highest BCUT2D eigenvalue weighted by atomic mass is 16.8. The van der Waals surface area contributed by atoms with Crippen molar-refractivity contribution in [2.75, 3.05) is 19.8 Å². The molecule has 25 unspecified atom stereocenters. The average Bonchev–Trinajstić information content (AvgIpc) is 3.56. The largest absolute Gasteiger partial charge is 0.394 e. The third-order valence-corrected chi connectivity index (χ3v) is 18.5. The molecule has 0 radical (unpaired) electrons. The summed E-state index contributed by atoms with van der Waals surface area (Å²) in [7, 11) is 0.